The number of aryl methyl sites for hydroxylation is 1. The lowest BCUT2D eigenvalue weighted by atomic mass is 10.2. The quantitative estimate of drug-likeness (QED) is 0.315. The van der Waals surface area contributed by atoms with Crippen LogP contribution in [0, 0.1) is 6.92 Å². The Balaban J connectivity index is 1.72. The first-order valence-corrected chi connectivity index (χ1v) is 14.1. The predicted molar refractivity (Wildman–Crippen MR) is 144 cm³/mol. The number of methoxy groups -OCH3 is 1. The zero-order valence-electron chi connectivity index (χ0n) is 19.3. The van der Waals surface area contributed by atoms with Gasteiger partial charge in [-0.3, -0.25) is 9.10 Å². The summed E-state index contributed by atoms with van der Waals surface area (Å²) in [7, 11) is -2.64. The molecule has 0 fully saturated rings. The van der Waals surface area contributed by atoms with Gasteiger partial charge in [-0.1, -0.05) is 53.0 Å². The SMILES string of the molecule is COc1ccc(Cl)cc1N(CC(=O)NCCSCc1ccc(Cl)cc1)S(=O)(=O)c1ccc(C)cc1. The fourth-order valence-electron chi connectivity index (χ4n) is 3.21. The second kappa shape index (κ2) is 12.5. The van der Waals surface area contributed by atoms with Gasteiger partial charge < -0.3 is 10.1 Å². The Morgan fingerprint density at radius 3 is 2.31 bits per heavy atom. The number of benzene rings is 3. The van der Waals surface area contributed by atoms with Crippen LogP contribution in [0.3, 0.4) is 0 Å². The number of sulfonamides is 1. The minimum Gasteiger partial charge on any atom is -0.495 e. The molecule has 0 saturated carbocycles. The van der Waals surface area contributed by atoms with Gasteiger partial charge in [-0.25, -0.2) is 8.42 Å². The first-order valence-electron chi connectivity index (χ1n) is 10.7. The molecule has 0 unspecified atom stereocenters. The summed E-state index contributed by atoms with van der Waals surface area (Å²) in [6, 6.07) is 18.7. The fraction of sp³-hybridized carbons (Fsp3) is 0.240. The van der Waals surface area contributed by atoms with E-state index in [1.54, 1.807) is 36.0 Å². The van der Waals surface area contributed by atoms with E-state index in [1.165, 1.54) is 25.3 Å². The van der Waals surface area contributed by atoms with Crippen molar-refractivity contribution in [1.82, 2.24) is 5.32 Å². The Bertz CT molecular complexity index is 1250. The van der Waals surface area contributed by atoms with Crippen molar-refractivity contribution < 1.29 is 17.9 Å². The number of amides is 1. The van der Waals surface area contributed by atoms with Crippen molar-refractivity contribution in [1.29, 1.82) is 0 Å². The number of anilines is 1. The molecular formula is C25H26Cl2N2O4S2. The van der Waals surface area contributed by atoms with Gasteiger partial charge in [-0.05, 0) is 55.0 Å². The van der Waals surface area contributed by atoms with Gasteiger partial charge in [0.05, 0.1) is 17.7 Å². The third kappa shape index (κ3) is 7.54. The number of carbonyl (C=O) groups excluding carboxylic acids is 1. The third-order valence-corrected chi connectivity index (χ3v) is 8.35. The smallest absolute Gasteiger partial charge is 0.264 e. The zero-order valence-corrected chi connectivity index (χ0v) is 22.5. The molecule has 35 heavy (non-hydrogen) atoms. The molecule has 6 nitrogen and oxygen atoms in total. The Labute approximate surface area is 220 Å². The van der Waals surface area contributed by atoms with Crippen molar-refractivity contribution in [3.05, 3.63) is 87.9 Å². The zero-order chi connectivity index (χ0) is 25.4. The number of carbonyl (C=O) groups is 1. The van der Waals surface area contributed by atoms with E-state index in [1.807, 2.05) is 31.2 Å². The van der Waals surface area contributed by atoms with Crippen LogP contribution in [-0.2, 0) is 20.6 Å². The van der Waals surface area contributed by atoms with Crippen LogP contribution in [0.25, 0.3) is 0 Å². The predicted octanol–water partition coefficient (Wildman–Crippen LogP) is 5.56. The van der Waals surface area contributed by atoms with Crippen molar-refractivity contribution >= 4 is 56.6 Å². The number of nitrogens with one attached hydrogen (secondary N) is 1. The Morgan fingerprint density at radius 2 is 1.66 bits per heavy atom. The molecule has 0 aliphatic carbocycles. The normalized spacial score (nSPS) is 11.2. The first kappa shape index (κ1) is 27.2. The Morgan fingerprint density at radius 1 is 1.00 bits per heavy atom. The highest BCUT2D eigenvalue weighted by Crippen LogP contribution is 2.34. The maximum absolute atomic E-state index is 13.5. The Kier molecular flexibility index (Phi) is 9.74. The van der Waals surface area contributed by atoms with Crippen LogP contribution in [0.15, 0.2) is 71.6 Å². The maximum Gasteiger partial charge on any atom is 0.264 e. The molecule has 186 valence electrons. The molecule has 3 rings (SSSR count). The minimum atomic E-state index is -4.07. The summed E-state index contributed by atoms with van der Waals surface area (Å²) < 4.78 is 33.5. The average Bonchev–Trinajstić information content (AvgIpc) is 2.83. The third-order valence-electron chi connectivity index (χ3n) is 5.06. The first-order chi connectivity index (χ1) is 16.7. The van der Waals surface area contributed by atoms with Crippen molar-refractivity contribution in [3.8, 4) is 5.75 Å². The number of halogens is 2. The molecule has 0 aliphatic rings. The van der Waals surface area contributed by atoms with Gasteiger partial charge in [-0.2, -0.15) is 11.8 Å². The van der Waals surface area contributed by atoms with Crippen LogP contribution in [0.1, 0.15) is 11.1 Å². The largest absolute Gasteiger partial charge is 0.495 e. The highest BCUT2D eigenvalue weighted by molar-refractivity contribution is 7.98. The van der Waals surface area contributed by atoms with Crippen LogP contribution in [-0.4, -0.2) is 40.3 Å². The summed E-state index contributed by atoms with van der Waals surface area (Å²) >= 11 is 13.7. The van der Waals surface area contributed by atoms with Crippen LogP contribution in [0.2, 0.25) is 10.0 Å². The monoisotopic (exact) mass is 552 g/mol. The summed E-state index contributed by atoms with van der Waals surface area (Å²) in [6.45, 7) is 1.84. The molecule has 0 saturated heterocycles. The summed E-state index contributed by atoms with van der Waals surface area (Å²) in [5.74, 6) is 1.30. The lowest BCUT2D eigenvalue weighted by molar-refractivity contribution is -0.119. The number of hydrogen-bond donors (Lipinski definition) is 1. The molecule has 0 heterocycles. The molecule has 0 aliphatic heterocycles. The minimum absolute atomic E-state index is 0.0662. The lowest BCUT2D eigenvalue weighted by Gasteiger charge is -2.26. The molecule has 3 aromatic rings. The number of nitrogens with zero attached hydrogens (tertiary/aromatic N) is 1. The molecular weight excluding hydrogens is 527 g/mol. The topological polar surface area (TPSA) is 75.7 Å². The van der Waals surface area contributed by atoms with Gasteiger partial charge in [0.25, 0.3) is 10.0 Å². The van der Waals surface area contributed by atoms with E-state index < -0.39 is 22.5 Å². The summed E-state index contributed by atoms with van der Waals surface area (Å²) in [6.07, 6.45) is 0. The molecule has 0 bridgehead atoms. The van der Waals surface area contributed by atoms with Crippen LogP contribution in [0.5, 0.6) is 5.75 Å². The van der Waals surface area contributed by atoms with Crippen LogP contribution >= 0.6 is 35.0 Å². The van der Waals surface area contributed by atoms with Gasteiger partial charge >= 0.3 is 0 Å². The molecule has 0 spiro atoms. The molecule has 3 aromatic carbocycles. The summed E-state index contributed by atoms with van der Waals surface area (Å²) in [4.78, 5) is 12.9. The fourth-order valence-corrected chi connectivity index (χ4v) is 5.75. The van der Waals surface area contributed by atoms with E-state index >= 15 is 0 Å². The second-order valence-electron chi connectivity index (χ2n) is 7.67. The number of hydrogen-bond acceptors (Lipinski definition) is 5. The van der Waals surface area contributed by atoms with E-state index in [-0.39, 0.29) is 16.3 Å². The molecule has 1 N–H and O–H groups in total. The molecule has 0 aromatic heterocycles. The molecule has 0 radical (unpaired) electrons. The maximum atomic E-state index is 13.5. The second-order valence-corrected chi connectivity index (χ2v) is 11.5. The van der Waals surface area contributed by atoms with E-state index in [2.05, 4.69) is 5.32 Å². The van der Waals surface area contributed by atoms with Crippen LogP contribution in [0.4, 0.5) is 5.69 Å². The summed E-state index contributed by atoms with van der Waals surface area (Å²) in [5, 5.41) is 3.81. The van der Waals surface area contributed by atoms with E-state index in [4.69, 9.17) is 27.9 Å². The van der Waals surface area contributed by atoms with Gasteiger partial charge in [0.1, 0.15) is 12.3 Å². The highest BCUT2D eigenvalue weighted by Gasteiger charge is 2.29. The number of ether oxygens (including phenoxy) is 1. The van der Waals surface area contributed by atoms with Crippen molar-refractivity contribution in [2.45, 2.75) is 17.6 Å². The van der Waals surface area contributed by atoms with E-state index in [0.717, 1.165) is 21.2 Å². The average molecular weight is 554 g/mol. The summed E-state index contributed by atoms with van der Waals surface area (Å²) in [5.41, 5.74) is 2.24. The van der Waals surface area contributed by atoms with E-state index in [0.29, 0.717) is 22.3 Å². The van der Waals surface area contributed by atoms with Gasteiger partial charge in [0.15, 0.2) is 0 Å². The molecule has 1 amide bonds. The van der Waals surface area contributed by atoms with Crippen LogP contribution < -0.4 is 14.4 Å². The number of thioether (sulfide) groups is 1. The van der Waals surface area contributed by atoms with Gasteiger partial charge in [0.2, 0.25) is 5.91 Å². The van der Waals surface area contributed by atoms with Crippen molar-refractivity contribution in [2.75, 3.05) is 30.3 Å². The standard InChI is InChI=1S/C25H26Cl2N2O4S2/c1-18-3-10-22(11-4-18)35(31,32)29(23-15-21(27)9-12-24(23)33-2)16-25(30)28-13-14-34-17-19-5-7-20(26)8-6-19/h3-12,15H,13-14,16-17H2,1-2H3,(H,28,30). The molecule has 10 heteroatoms. The lowest BCUT2D eigenvalue weighted by Crippen LogP contribution is -2.41. The van der Waals surface area contributed by atoms with E-state index in [9.17, 15) is 13.2 Å². The van der Waals surface area contributed by atoms with Crippen molar-refractivity contribution in [3.63, 3.8) is 0 Å². The highest BCUT2D eigenvalue weighted by atomic mass is 35.5. The number of rotatable bonds is 11. The van der Waals surface area contributed by atoms with Gasteiger partial charge in [-0.15, -0.1) is 0 Å². The Hall–Kier alpha value is -2.39. The van der Waals surface area contributed by atoms with Gasteiger partial charge in [0, 0.05) is 28.1 Å². The molecule has 0 atom stereocenters. The van der Waals surface area contributed by atoms with Crippen molar-refractivity contribution in [2.24, 2.45) is 0 Å².